The van der Waals surface area contributed by atoms with Crippen molar-refractivity contribution in [3.05, 3.63) is 86.7 Å². The maximum atomic E-state index is 13.3. The fourth-order valence-corrected chi connectivity index (χ4v) is 7.87. The van der Waals surface area contributed by atoms with Gasteiger partial charge in [0.25, 0.3) is 23.2 Å². The van der Waals surface area contributed by atoms with Crippen molar-refractivity contribution >= 4 is 114 Å². The Morgan fingerprint density at radius 2 is 0.964 bits per heavy atom. The zero-order valence-corrected chi connectivity index (χ0v) is 32.0. The summed E-state index contributed by atoms with van der Waals surface area (Å²) in [4.78, 5) is 95.3. The number of rotatable bonds is 20. The molecule has 0 spiro atoms. The number of thioether (sulfide) groups is 2. The summed E-state index contributed by atoms with van der Waals surface area (Å²) in [6.45, 7) is 0.467. The molecule has 2 saturated heterocycles. The van der Waals surface area contributed by atoms with E-state index in [1.165, 1.54) is 9.80 Å². The predicted molar refractivity (Wildman–Crippen MR) is 211 cm³/mol. The van der Waals surface area contributed by atoms with Crippen molar-refractivity contribution in [2.45, 2.75) is 51.4 Å². The summed E-state index contributed by atoms with van der Waals surface area (Å²) < 4.78 is 0.524. The van der Waals surface area contributed by atoms with E-state index in [0.29, 0.717) is 38.5 Å². The molecule has 0 atom stereocenters. The highest BCUT2D eigenvalue weighted by Gasteiger charge is 2.41. The van der Waals surface area contributed by atoms with Crippen LogP contribution < -0.4 is 21.7 Å². The van der Waals surface area contributed by atoms with E-state index >= 15 is 0 Å². The predicted octanol–water partition coefficient (Wildman–Crippen LogP) is 4.96. The van der Waals surface area contributed by atoms with E-state index in [1.807, 2.05) is 0 Å². The van der Waals surface area contributed by atoms with Crippen LogP contribution in [0.25, 0.3) is 0 Å². The molecule has 296 valence electrons. The van der Waals surface area contributed by atoms with E-state index in [-0.39, 0.29) is 55.8 Å². The van der Waals surface area contributed by atoms with Gasteiger partial charge >= 0.3 is 11.4 Å². The normalized spacial score (nSPS) is 15.2. The molecule has 2 aliphatic rings. The largest absolute Gasteiger partial charge is 0.300 e. The van der Waals surface area contributed by atoms with Crippen LogP contribution in [0.3, 0.4) is 0 Å². The molecule has 2 aliphatic heterocycles. The summed E-state index contributed by atoms with van der Waals surface area (Å²) >= 11 is 12.8. The Labute approximate surface area is 334 Å². The van der Waals surface area contributed by atoms with Gasteiger partial charge in [0.05, 0.1) is 41.6 Å². The molecule has 2 aromatic rings. The summed E-state index contributed by atoms with van der Waals surface area (Å²) in [5, 5.41) is 44.3. The molecule has 0 aliphatic carbocycles. The fraction of sp³-hybridized carbons (Fsp3) is 0.333. The average Bonchev–Trinajstić information content (AvgIpc) is 3.60. The van der Waals surface area contributed by atoms with Crippen LogP contribution >= 0.6 is 48.0 Å². The molecule has 0 radical (unpaired) electrons. The number of hydrogen-bond acceptors (Lipinski definition) is 18. The van der Waals surface area contributed by atoms with Gasteiger partial charge in [-0.2, -0.15) is 0 Å². The number of carbonyl (C=O) groups is 4. The van der Waals surface area contributed by atoms with Gasteiger partial charge in [0.1, 0.15) is 20.0 Å². The zero-order chi connectivity index (χ0) is 41.1. The first-order valence-electron chi connectivity index (χ1n) is 16.4. The first-order chi connectivity index (χ1) is 26.6. The lowest BCUT2D eigenvalue weighted by Gasteiger charge is -2.15. The van der Waals surface area contributed by atoms with Crippen LogP contribution in [0.5, 0.6) is 0 Å². The number of carbonyl (C=O) groups excluding carboxylic acids is 4. The third-order valence-corrected chi connectivity index (χ3v) is 11.0. The van der Waals surface area contributed by atoms with Gasteiger partial charge in [0.2, 0.25) is 11.8 Å². The minimum Gasteiger partial charge on any atom is -0.293 e. The standard InChI is InChI=1S/C30H30N10O12S4/c41-23(33-31-19-11-9-17(37(45)46)15-21(19)39(49)50)7-3-1-5-13-35-27(43)25(55-29(35)53)26-28(44)36(30(54)56-26)14-6-2-4-8-24(42)34-32-20-12-10-18(38(47)48)16-22(20)40(51)52/h9-12,15-16,31-32H,1-8,13-14H2,(H,33,41)(H,34,42)/b26-25+. The van der Waals surface area contributed by atoms with Crippen LogP contribution in [-0.4, -0.2) is 74.9 Å². The number of nitro benzene ring substituents is 4. The van der Waals surface area contributed by atoms with Crippen LogP contribution in [0.1, 0.15) is 51.4 Å². The zero-order valence-electron chi connectivity index (χ0n) is 28.8. The van der Waals surface area contributed by atoms with Crippen LogP contribution in [0.4, 0.5) is 34.1 Å². The van der Waals surface area contributed by atoms with Gasteiger partial charge in [0, 0.05) is 38.1 Å². The van der Waals surface area contributed by atoms with Crippen molar-refractivity contribution < 1.29 is 38.9 Å². The van der Waals surface area contributed by atoms with E-state index < -0.39 is 66.1 Å². The van der Waals surface area contributed by atoms with Gasteiger partial charge in [0.15, 0.2) is 0 Å². The number of nitro groups is 4. The number of unbranched alkanes of at least 4 members (excludes halogenated alkanes) is 4. The highest BCUT2D eigenvalue weighted by Crippen LogP contribution is 2.42. The third kappa shape index (κ3) is 11.1. The van der Waals surface area contributed by atoms with E-state index in [4.69, 9.17) is 24.4 Å². The lowest BCUT2D eigenvalue weighted by Crippen LogP contribution is -2.31. The van der Waals surface area contributed by atoms with E-state index in [1.54, 1.807) is 0 Å². The minimum atomic E-state index is -0.817. The Hall–Kier alpha value is -5.86. The molecule has 4 N–H and O–H groups in total. The van der Waals surface area contributed by atoms with Crippen LogP contribution in [0.2, 0.25) is 0 Å². The highest BCUT2D eigenvalue weighted by molar-refractivity contribution is 8.29. The van der Waals surface area contributed by atoms with Gasteiger partial charge < -0.3 is 0 Å². The number of benzene rings is 2. The minimum absolute atomic E-state index is 0.0378. The second kappa shape index (κ2) is 19.6. The van der Waals surface area contributed by atoms with Gasteiger partial charge in [-0.3, -0.25) is 91.1 Å². The number of thiocarbonyl (C=S) groups is 2. The molecular formula is C30H30N10O12S4. The highest BCUT2D eigenvalue weighted by atomic mass is 32.2. The second-order valence-corrected chi connectivity index (χ2v) is 15.0. The second-order valence-electron chi connectivity index (χ2n) is 11.7. The fourth-order valence-electron chi connectivity index (χ4n) is 5.10. The van der Waals surface area contributed by atoms with Crippen LogP contribution in [0, 0.1) is 40.5 Å². The van der Waals surface area contributed by atoms with Crippen molar-refractivity contribution in [1.29, 1.82) is 0 Å². The summed E-state index contributed by atoms with van der Waals surface area (Å²) in [6, 6.07) is 5.88. The number of hydrazine groups is 2. The van der Waals surface area contributed by atoms with Crippen molar-refractivity contribution in [3.63, 3.8) is 0 Å². The lowest BCUT2D eigenvalue weighted by atomic mass is 10.2. The molecule has 22 nitrogen and oxygen atoms in total. The average molecular weight is 851 g/mol. The summed E-state index contributed by atoms with van der Waals surface area (Å²) in [6.07, 6.45) is 2.85. The molecule has 0 aromatic heterocycles. The molecule has 4 rings (SSSR count). The van der Waals surface area contributed by atoms with E-state index in [0.717, 1.165) is 59.9 Å². The Bertz CT molecular complexity index is 1910. The maximum Gasteiger partial charge on any atom is 0.300 e. The van der Waals surface area contributed by atoms with Gasteiger partial charge in [-0.1, -0.05) is 60.8 Å². The smallest absolute Gasteiger partial charge is 0.293 e. The lowest BCUT2D eigenvalue weighted by molar-refractivity contribution is -0.393. The Kier molecular flexibility index (Phi) is 15.0. The summed E-state index contributed by atoms with van der Waals surface area (Å²) in [7, 11) is 0. The van der Waals surface area contributed by atoms with Crippen molar-refractivity contribution in [2.24, 2.45) is 0 Å². The van der Waals surface area contributed by atoms with Crippen molar-refractivity contribution in [1.82, 2.24) is 20.7 Å². The molecule has 56 heavy (non-hydrogen) atoms. The van der Waals surface area contributed by atoms with Gasteiger partial charge in [-0.05, 0) is 37.8 Å². The molecular weight excluding hydrogens is 821 g/mol. The quantitative estimate of drug-likeness (QED) is 0.0450. The number of amides is 4. The van der Waals surface area contributed by atoms with Crippen molar-refractivity contribution in [3.8, 4) is 0 Å². The molecule has 26 heteroatoms. The van der Waals surface area contributed by atoms with Crippen LogP contribution in [-0.2, 0) is 19.2 Å². The molecule has 4 amide bonds. The van der Waals surface area contributed by atoms with Gasteiger partial charge in [-0.15, -0.1) is 0 Å². The Morgan fingerprint density at radius 3 is 1.30 bits per heavy atom. The SMILES string of the molecule is O=C(CCCCCN1C(=O)/C(=C2\SC(=S)N(CCCCCC(=O)NNc3ccc([N+](=O)[O-])cc3[N+](=O)[O-])C2=O)SC1=S)NNc1ccc([N+](=O)[O-])cc1[N+](=O)[O-]. The number of nitrogens with one attached hydrogen (secondary N) is 4. The number of nitrogens with zero attached hydrogens (tertiary/aromatic N) is 6. The number of hydrogen-bond donors (Lipinski definition) is 4. The number of non-ortho nitro benzene ring substituents is 2. The van der Waals surface area contributed by atoms with E-state index in [9.17, 15) is 59.6 Å². The maximum absolute atomic E-state index is 13.3. The number of anilines is 2. The van der Waals surface area contributed by atoms with Crippen molar-refractivity contribution in [2.75, 3.05) is 23.9 Å². The molecule has 0 unspecified atom stereocenters. The summed E-state index contributed by atoms with van der Waals surface area (Å²) in [5.74, 6) is -1.85. The first kappa shape index (κ1) is 42.9. The monoisotopic (exact) mass is 850 g/mol. The van der Waals surface area contributed by atoms with E-state index in [2.05, 4.69) is 21.7 Å². The Balaban J connectivity index is 1.16. The molecule has 0 saturated carbocycles. The topological polar surface area (TPSA) is 295 Å². The molecule has 2 heterocycles. The summed E-state index contributed by atoms with van der Waals surface area (Å²) in [5.41, 5.74) is 7.07. The van der Waals surface area contributed by atoms with Gasteiger partial charge in [-0.25, -0.2) is 0 Å². The Morgan fingerprint density at radius 1 is 0.589 bits per heavy atom. The molecule has 2 fully saturated rings. The third-order valence-electron chi connectivity index (χ3n) is 7.93. The van der Waals surface area contributed by atoms with Crippen LogP contribution in [0.15, 0.2) is 46.2 Å². The first-order valence-corrected chi connectivity index (χ1v) is 18.8. The molecule has 0 bridgehead atoms. The molecule has 2 aromatic carbocycles.